The highest BCUT2D eigenvalue weighted by Crippen LogP contribution is 2.28. The molecule has 0 bridgehead atoms. The molecular weight excluding hydrogens is 390 g/mol. The van der Waals surface area contributed by atoms with E-state index in [9.17, 15) is 9.59 Å². The summed E-state index contributed by atoms with van der Waals surface area (Å²) in [7, 11) is 0. The summed E-state index contributed by atoms with van der Waals surface area (Å²) in [6.45, 7) is 3.75. The molecule has 0 spiro atoms. The van der Waals surface area contributed by atoms with E-state index in [1.54, 1.807) is 18.0 Å². The summed E-state index contributed by atoms with van der Waals surface area (Å²) in [5, 5.41) is 4.56. The first-order chi connectivity index (χ1) is 15.2. The summed E-state index contributed by atoms with van der Waals surface area (Å²) in [5.41, 5.74) is 3.42. The Morgan fingerprint density at radius 1 is 1.06 bits per heavy atom. The van der Waals surface area contributed by atoms with Crippen molar-refractivity contribution in [1.29, 1.82) is 0 Å². The lowest BCUT2D eigenvalue weighted by atomic mass is 9.97. The maximum Gasteiger partial charge on any atom is 0.310 e. The molecule has 0 radical (unpaired) electrons. The van der Waals surface area contributed by atoms with Crippen LogP contribution in [-0.4, -0.2) is 46.3 Å². The minimum absolute atomic E-state index is 0.0906. The van der Waals surface area contributed by atoms with Gasteiger partial charge >= 0.3 is 5.97 Å². The summed E-state index contributed by atoms with van der Waals surface area (Å²) in [5.74, 6) is -0.576. The van der Waals surface area contributed by atoms with Crippen molar-refractivity contribution >= 4 is 11.9 Å². The highest BCUT2D eigenvalue weighted by molar-refractivity contribution is 6.00. The number of esters is 1. The second kappa shape index (κ2) is 9.60. The van der Waals surface area contributed by atoms with Crippen LogP contribution in [0.3, 0.4) is 0 Å². The highest BCUT2D eigenvalue weighted by Gasteiger charge is 2.31. The molecule has 1 aliphatic heterocycles. The Labute approximate surface area is 182 Å². The number of amides is 1. The molecule has 0 aliphatic carbocycles. The molecular formula is C25H27N3O3. The molecule has 0 N–H and O–H groups in total. The van der Waals surface area contributed by atoms with E-state index < -0.39 is 0 Å². The van der Waals surface area contributed by atoms with Gasteiger partial charge in [-0.2, -0.15) is 5.10 Å². The third kappa shape index (κ3) is 4.68. The van der Waals surface area contributed by atoms with Gasteiger partial charge in [0, 0.05) is 18.7 Å². The summed E-state index contributed by atoms with van der Waals surface area (Å²) in [4.78, 5) is 27.5. The quantitative estimate of drug-likeness (QED) is 0.569. The van der Waals surface area contributed by atoms with Gasteiger partial charge in [0.05, 0.1) is 36.5 Å². The molecule has 2 aromatic carbocycles. The predicted octanol–water partition coefficient (Wildman–Crippen LogP) is 4.01. The number of rotatable bonds is 6. The van der Waals surface area contributed by atoms with E-state index >= 15 is 0 Å². The van der Waals surface area contributed by atoms with Crippen molar-refractivity contribution in [3.05, 3.63) is 78.0 Å². The van der Waals surface area contributed by atoms with Crippen molar-refractivity contribution in [3.8, 4) is 11.3 Å². The number of piperidine rings is 1. The maximum absolute atomic E-state index is 13.5. The van der Waals surface area contributed by atoms with Crippen molar-refractivity contribution in [2.45, 2.75) is 26.3 Å². The largest absolute Gasteiger partial charge is 0.466 e. The van der Waals surface area contributed by atoms with E-state index in [-0.39, 0.29) is 17.8 Å². The molecule has 1 amide bonds. The number of likely N-dealkylation sites (tertiary alicyclic amines) is 1. The Hall–Kier alpha value is -3.41. The normalized spacial score (nSPS) is 16.2. The number of hydrogen-bond donors (Lipinski definition) is 0. The van der Waals surface area contributed by atoms with E-state index in [1.807, 2.05) is 65.3 Å². The summed E-state index contributed by atoms with van der Waals surface area (Å²) in [6.07, 6.45) is 3.19. The van der Waals surface area contributed by atoms with Crippen LogP contribution in [-0.2, 0) is 16.1 Å². The van der Waals surface area contributed by atoms with E-state index in [1.165, 1.54) is 0 Å². The van der Waals surface area contributed by atoms with Gasteiger partial charge in [-0.3, -0.25) is 14.3 Å². The van der Waals surface area contributed by atoms with Gasteiger partial charge in [-0.1, -0.05) is 60.7 Å². The molecule has 1 fully saturated rings. The molecule has 0 saturated carbocycles. The Morgan fingerprint density at radius 3 is 2.48 bits per heavy atom. The van der Waals surface area contributed by atoms with Crippen molar-refractivity contribution in [2.75, 3.05) is 19.7 Å². The Morgan fingerprint density at radius 2 is 1.77 bits per heavy atom. The van der Waals surface area contributed by atoms with Crippen LogP contribution in [0.2, 0.25) is 0 Å². The van der Waals surface area contributed by atoms with Crippen molar-refractivity contribution in [1.82, 2.24) is 14.7 Å². The van der Waals surface area contributed by atoms with Gasteiger partial charge in [-0.05, 0) is 25.3 Å². The molecule has 6 heteroatoms. The predicted molar refractivity (Wildman–Crippen MR) is 118 cm³/mol. The SMILES string of the molecule is CCOC(=O)[C@@H]1CCCN(C(=O)c2cnn(Cc3ccccc3)c2-c2ccccc2)C1. The van der Waals surface area contributed by atoms with Crippen LogP contribution in [0.4, 0.5) is 0 Å². The van der Waals surface area contributed by atoms with Crippen LogP contribution in [0.15, 0.2) is 66.9 Å². The molecule has 6 nitrogen and oxygen atoms in total. The lowest BCUT2D eigenvalue weighted by Gasteiger charge is -2.31. The first kappa shape index (κ1) is 20.8. The minimum Gasteiger partial charge on any atom is -0.466 e. The third-order valence-electron chi connectivity index (χ3n) is 5.62. The monoisotopic (exact) mass is 417 g/mol. The molecule has 1 aliphatic rings. The molecule has 1 aromatic heterocycles. The van der Waals surface area contributed by atoms with E-state index in [0.29, 0.717) is 31.8 Å². The van der Waals surface area contributed by atoms with Crippen LogP contribution in [0, 0.1) is 5.92 Å². The van der Waals surface area contributed by atoms with Crippen molar-refractivity contribution in [3.63, 3.8) is 0 Å². The Bertz CT molecular complexity index is 1030. The number of carbonyl (C=O) groups is 2. The first-order valence-electron chi connectivity index (χ1n) is 10.8. The fourth-order valence-electron chi connectivity index (χ4n) is 4.10. The molecule has 160 valence electrons. The van der Waals surface area contributed by atoms with E-state index in [4.69, 9.17) is 4.74 Å². The molecule has 1 saturated heterocycles. The number of nitrogens with zero attached hydrogens (tertiary/aromatic N) is 3. The van der Waals surface area contributed by atoms with Crippen molar-refractivity contribution in [2.24, 2.45) is 5.92 Å². The van der Waals surface area contributed by atoms with Crippen LogP contribution in [0.5, 0.6) is 0 Å². The fourth-order valence-corrected chi connectivity index (χ4v) is 4.10. The summed E-state index contributed by atoms with van der Waals surface area (Å²) in [6, 6.07) is 19.9. The number of hydrogen-bond acceptors (Lipinski definition) is 4. The lowest BCUT2D eigenvalue weighted by Crippen LogP contribution is -2.42. The lowest BCUT2D eigenvalue weighted by molar-refractivity contribution is -0.149. The van der Waals surface area contributed by atoms with Gasteiger partial charge in [-0.25, -0.2) is 0 Å². The zero-order valence-electron chi connectivity index (χ0n) is 17.7. The van der Waals surface area contributed by atoms with Crippen molar-refractivity contribution < 1.29 is 14.3 Å². The maximum atomic E-state index is 13.5. The van der Waals surface area contributed by atoms with Gasteiger partial charge in [0.15, 0.2) is 0 Å². The van der Waals surface area contributed by atoms with Gasteiger partial charge in [-0.15, -0.1) is 0 Å². The standard InChI is InChI=1S/C25H27N3O3/c1-2-31-25(30)21-14-9-15-27(18-21)24(29)22-16-26-28(17-19-10-5-3-6-11-19)23(22)20-12-7-4-8-13-20/h3-8,10-13,16,21H,2,9,14-15,17-18H2,1H3/t21-/m1/s1. The van der Waals surface area contributed by atoms with Gasteiger partial charge in [0.1, 0.15) is 0 Å². The fraction of sp³-hybridized carbons (Fsp3) is 0.320. The summed E-state index contributed by atoms with van der Waals surface area (Å²) >= 11 is 0. The van der Waals surface area contributed by atoms with Crippen LogP contribution < -0.4 is 0 Å². The van der Waals surface area contributed by atoms with Crippen LogP contribution >= 0.6 is 0 Å². The zero-order chi connectivity index (χ0) is 21.6. The number of aromatic nitrogens is 2. The number of carbonyl (C=O) groups excluding carboxylic acids is 2. The number of benzene rings is 2. The van der Waals surface area contributed by atoms with E-state index in [0.717, 1.165) is 29.7 Å². The average molecular weight is 418 g/mol. The zero-order valence-corrected chi connectivity index (χ0v) is 17.7. The molecule has 1 atom stereocenters. The Balaban J connectivity index is 1.64. The first-order valence-corrected chi connectivity index (χ1v) is 10.8. The third-order valence-corrected chi connectivity index (χ3v) is 5.62. The molecule has 0 unspecified atom stereocenters. The molecule has 3 aromatic rings. The van der Waals surface area contributed by atoms with Gasteiger partial charge in [0.25, 0.3) is 5.91 Å². The Kier molecular flexibility index (Phi) is 6.46. The second-order valence-electron chi connectivity index (χ2n) is 7.76. The summed E-state index contributed by atoms with van der Waals surface area (Å²) < 4.78 is 7.06. The number of ether oxygens (including phenoxy) is 1. The topological polar surface area (TPSA) is 64.4 Å². The second-order valence-corrected chi connectivity index (χ2v) is 7.76. The minimum atomic E-state index is -0.266. The van der Waals surface area contributed by atoms with E-state index in [2.05, 4.69) is 5.10 Å². The molecule has 4 rings (SSSR count). The molecule has 31 heavy (non-hydrogen) atoms. The van der Waals surface area contributed by atoms with Crippen LogP contribution in [0.1, 0.15) is 35.7 Å². The highest BCUT2D eigenvalue weighted by atomic mass is 16.5. The van der Waals surface area contributed by atoms with Gasteiger partial charge < -0.3 is 9.64 Å². The average Bonchev–Trinajstić information content (AvgIpc) is 3.23. The smallest absolute Gasteiger partial charge is 0.310 e. The van der Waals surface area contributed by atoms with Crippen LogP contribution in [0.25, 0.3) is 11.3 Å². The molecule has 2 heterocycles. The van der Waals surface area contributed by atoms with Gasteiger partial charge in [0.2, 0.25) is 0 Å².